The van der Waals surface area contributed by atoms with Crippen LogP contribution in [0.3, 0.4) is 0 Å². The average molecular weight is 489 g/mol. The molecule has 0 aromatic carbocycles. The summed E-state index contributed by atoms with van der Waals surface area (Å²) in [5, 5.41) is 25.0. The Balaban J connectivity index is 5.46. The molecule has 0 aromatic heterocycles. The summed E-state index contributed by atoms with van der Waals surface area (Å²) in [5.74, 6) is -6.67. The smallest absolute Gasteiger partial charge is 0.326 e. The van der Waals surface area contributed by atoms with Crippen molar-refractivity contribution >= 4 is 35.6 Å². The van der Waals surface area contributed by atoms with Crippen LogP contribution >= 0.6 is 0 Å². The number of amides is 4. The van der Waals surface area contributed by atoms with Gasteiger partial charge in [0, 0.05) is 0 Å². The van der Waals surface area contributed by atoms with E-state index in [0.29, 0.717) is 25.8 Å². The molecular formula is C20H36N6O8. The van der Waals surface area contributed by atoms with Crippen LogP contribution in [0, 0.1) is 5.92 Å². The first kappa shape index (κ1) is 30.7. The van der Waals surface area contributed by atoms with E-state index in [0.717, 1.165) is 0 Å². The van der Waals surface area contributed by atoms with E-state index < -0.39 is 72.6 Å². The molecule has 0 rings (SSSR count). The maximum atomic E-state index is 12.8. The first-order valence-corrected chi connectivity index (χ1v) is 10.9. The van der Waals surface area contributed by atoms with Crippen molar-refractivity contribution < 1.29 is 39.0 Å². The van der Waals surface area contributed by atoms with Crippen molar-refractivity contribution in [3.8, 4) is 0 Å². The first-order valence-electron chi connectivity index (χ1n) is 10.9. The number of rotatable bonds is 17. The van der Waals surface area contributed by atoms with Crippen LogP contribution < -0.4 is 33.2 Å². The largest absolute Gasteiger partial charge is 0.481 e. The second-order valence-electron chi connectivity index (χ2n) is 8.31. The monoisotopic (exact) mass is 488 g/mol. The number of nitrogens with one attached hydrogen (secondary N) is 3. The van der Waals surface area contributed by atoms with E-state index in [1.807, 2.05) is 5.32 Å². The molecule has 0 heterocycles. The zero-order chi connectivity index (χ0) is 26.4. The summed E-state index contributed by atoms with van der Waals surface area (Å²) in [4.78, 5) is 71.3. The lowest BCUT2D eigenvalue weighted by molar-refractivity contribution is -0.144. The molecule has 0 spiro atoms. The van der Waals surface area contributed by atoms with Gasteiger partial charge in [0.15, 0.2) is 0 Å². The maximum Gasteiger partial charge on any atom is 0.326 e. The molecule has 0 aliphatic heterocycles. The van der Waals surface area contributed by atoms with Crippen LogP contribution in [0.5, 0.6) is 0 Å². The van der Waals surface area contributed by atoms with E-state index in [2.05, 4.69) is 10.6 Å². The van der Waals surface area contributed by atoms with Gasteiger partial charge in [-0.05, 0) is 31.7 Å². The van der Waals surface area contributed by atoms with Crippen LogP contribution in [0.25, 0.3) is 0 Å². The van der Waals surface area contributed by atoms with Crippen molar-refractivity contribution in [3.63, 3.8) is 0 Å². The molecule has 4 atom stereocenters. The molecule has 0 aromatic rings. The minimum absolute atomic E-state index is 0.0665. The summed E-state index contributed by atoms with van der Waals surface area (Å²) in [6, 6.07) is -5.41. The molecule has 0 fully saturated rings. The van der Waals surface area contributed by atoms with Crippen LogP contribution in [0.4, 0.5) is 0 Å². The van der Waals surface area contributed by atoms with Gasteiger partial charge in [-0.25, -0.2) is 4.79 Å². The highest BCUT2D eigenvalue weighted by atomic mass is 16.4. The predicted octanol–water partition coefficient (Wildman–Crippen LogP) is -2.62. The summed E-state index contributed by atoms with van der Waals surface area (Å²) in [7, 11) is 0. The van der Waals surface area contributed by atoms with Gasteiger partial charge in [0.25, 0.3) is 0 Å². The molecular weight excluding hydrogens is 452 g/mol. The fraction of sp³-hybridized carbons (Fsp3) is 0.700. The van der Waals surface area contributed by atoms with E-state index >= 15 is 0 Å². The molecule has 14 heteroatoms. The quantitative estimate of drug-likeness (QED) is 0.0988. The minimum atomic E-state index is -1.71. The number of nitrogens with two attached hydrogens (primary N) is 3. The number of hydrogen-bond donors (Lipinski definition) is 8. The number of carbonyl (C=O) groups excluding carboxylic acids is 4. The van der Waals surface area contributed by atoms with Crippen molar-refractivity contribution in [1.82, 2.24) is 16.0 Å². The van der Waals surface area contributed by atoms with Crippen molar-refractivity contribution in [2.24, 2.45) is 23.1 Å². The minimum Gasteiger partial charge on any atom is -0.481 e. The molecule has 0 aliphatic carbocycles. The lowest BCUT2D eigenvalue weighted by atomic mass is 10.0. The Morgan fingerprint density at radius 2 is 1.32 bits per heavy atom. The van der Waals surface area contributed by atoms with E-state index in [1.54, 1.807) is 13.8 Å². The molecule has 34 heavy (non-hydrogen) atoms. The number of primary amides is 1. The van der Waals surface area contributed by atoms with Gasteiger partial charge in [0.1, 0.15) is 18.1 Å². The zero-order valence-electron chi connectivity index (χ0n) is 19.4. The van der Waals surface area contributed by atoms with Crippen LogP contribution in [0.15, 0.2) is 0 Å². The Bertz CT molecular complexity index is 745. The normalized spacial score (nSPS) is 14.4. The Morgan fingerprint density at radius 1 is 0.794 bits per heavy atom. The van der Waals surface area contributed by atoms with Gasteiger partial charge in [-0.1, -0.05) is 20.3 Å². The Morgan fingerprint density at radius 3 is 1.79 bits per heavy atom. The van der Waals surface area contributed by atoms with Crippen molar-refractivity contribution in [2.75, 3.05) is 6.54 Å². The number of hydrogen-bond acceptors (Lipinski definition) is 8. The van der Waals surface area contributed by atoms with Crippen molar-refractivity contribution in [3.05, 3.63) is 0 Å². The molecule has 14 nitrogen and oxygen atoms in total. The lowest BCUT2D eigenvalue weighted by Crippen LogP contribution is -2.58. The third kappa shape index (κ3) is 12.7. The number of aliphatic carboxylic acids is 2. The van der Waals surface area contributed by atoms with E-state index in [-0.39, 0.29) is 12.3 Å². The van der Waals surface area contributed by atoms with Gasteiger partial charge in [0.05, 0.1) is 18.9 Å². The number of carbonyl (C=O) groups is 6. The van der Waals surface area contributed by atoms with Crippen molar-refractivity contribution in [1.29, 1.82) is 0 Å². The van der Waals surface area contributed by atoms with Gasteiger partial charge in [0.2, 0.25) is 23.6 Å². The summed E-state index contributed by atoms with van der Waals surface area (Å²) < 4.78 is 0. The molecule has 11 N–H and O–H groups in total. The standard InChI is InChI=1S/C20H36N6O8/c1-10(2)7-12(24-17(30)11(22)5-3-4-6-21)18(31)25-13(9-16(28)29)19(32)26-14(20(33)34)8-15(23)27/h10-14H,3-9,21-22H2,1-2H3,(H2,23,27)(H,24,30)(H,25,31)(H,26,32)(H,28,29)(H,33,34). The molecule has 0 radical (unpaired) electrons. The second-order valence-corrected chi connectivity index (χ2v) is 8.31. The van der Waals surface area contributed by atoms with E-state index in [9.17, 15) is 28.8 Å². The highest BCUT2D eigenvalue weighted by molar-refractivity contribution is 5.96. The molecule has 194 valence electrons. The second kappa shape index (κ2) is 15.6. The lowest BCUT2D eigenvalue weighted by Gasteiger charge is -2.25. The molecule has 4 unspecified atom stereocenters. The summed E-state index contributed by atoms with van der Waals surface area (Å²) >= 11 is 0. The first-order chi connectivity index (χ1) is 15.8. The summed E-state index contributed by atoms with van der Waals surface area (Å²) in [6.45, 7) is 4.02. The zero-order valence-corrected chi connectivity index (χ0v) is 19.4. The van der Waals surface area contributed by atoms with Gasteiger partial charge in [-0.3, -0.25) is 24.0 Å². The molecule has 0 saturated carbocycles. The third-order valence-electron chi connectivity index (χ3n) is 4.68. The van der Waals surface area contributed by atoms with Crippen molar-refractivity contribution in [2.45, 2.75) is 76.5 Å². The molecule has 0 bridgehead atoms. The summed E-state index contributed by atoms with van der Waals surface area (Å²) in [5.41, 5.74) is 16.2. The predicted molar refractivity (Wildman–Crippen MR) is 120 cm³/mol. The van der Waals surface area contributed by atoms with Gasteiger partial charge >= 0.3 is 11.9 Å². The van der Waals surface area contributed by atoms with Crippen LogP contribution in [-0.4, -0.2) is 76.5 Å². The molecule has 0 saturated heterocycles. The van der Waals surface area contributed by atoms with Gasteiger partial charge < -0.3 is 43.4 Å². The maximum absolute atomic E-state index is 12.8. The van der Waals surface area contributed by atoms with Crippen LogP contribution in [0.1, 0.15) is 52.4 Å². The Kier molecular flexibility index (Phi) is 14.1. The fourth-order valence-electron chi connectivity index (χ4n) is 2.95. The Labute approximate surface area is 197 Å². The number of carboxylic acid groups (broad SMARTS) is 2. The Hall–Kier alpha value is -3.26. The van der Waals surface area contributed by atoms with Crippen LogP contribution in [0.2, 0.25) is 0 Å². The SMILES string of the molecule is CC(C)CC(NC(=O)C(N)CCCCN)C(=O)NC(CC(=O)O)C(=O)NC(CC(N)=O)C(=O)O. The fourth-order valence-corrected chi connectivity index (χ4v) is 2.95. The van der Waals surface area contributed by atoms with Gasteiger partial charge in [-0.15, -0.1) is 0 Å². The van der Waals surface area contributed by atoms with Crippen LogP contribution in [-0.2, 0) is 28.8 Å². The highest BCUT2D eigenvalue weighted by Gasteiger charge is 2.32. The number of carboxylic acids is 2. The topological polar surface area (TPSA) is 257 Å². The number of unbranched alkanes of at least 4 members (excludes halogenated alkanes) is 1. The van der Waals surface area contributed by atoms with E-state index in [4.69, 9.17) is 27.4 Å². The molecule has 0 aliphatic rings. The van der Waals surface area contributed by atoms with Gasteiger partial charge in [-0.2, -0.15) is 0 Å². The van der Waals surface area contributed by atoms with E-state index in [1.165, 1.54) is 0 Å². The average Bonchev–Trinajstić information content (AvgIpc) is 2.71. The highest BCUT2D eigenvalue weighted by Crippen LogP contribution is 2.08. The third-order valence-corrected chi connectivity index (χ3v) is 4.68. The molecule has 4 amide bonds. The summed E-state index contributed by atoms with van der Waals surface area (Å²) in [6.07, 6.45) is 0.191.